The molecule has 45 heavy (non-hydrogen) atoms. The summed E-state index contributed by atoms with van der Waals surface area (Å²) in [6, 6.07) is 14.7. The second-order valence-electron chi connectivity index (χ2n) is 10.4. The molecule has 2 aliphatic rings. The second-order valence-corrected chi connectivity index (χ2v) is 11.6. The maximum atomic E-state index is 14.0. The molecule has 2 N–H and O–H groups in total. The number of aromatic nitrogens is 6. The van der Waals surface area contributed by atoms with Crippen LogP contribution in [0.15, 0.2) is 66.9 Å². The van der Waals surface area contributed by atoms with Gasteiger partial charge in [0.15, 0.2) is 34.3 Å². The van der Waals surface area contributed by atoms with Crippen LogP contribution >= 0.6 is 35.4 Å². The van der Waals surface area contributed by atoms with Crippen molar-refractivity contribution >= 4 is 35.4 Å². The van der Waals surface area contributed by atoms with E-state index in [9.17, 15) is 18.3 Å². The summed E-state index contributed by atoms with van der Waals surface area (Å²) in [6.45, 7) is 0.0673. The molecule has 4 heterocycles. The zero-order valence-corrected chi connectivity index (χ0v) is 25.1. The second kappa shape index (κ2) is 11.9. The SMILES string of the molecule is O[C@@H]1[C@@H](n2cc(-c3cc(F)c(F)c(F)c3)nn2)[C@H]2OC(c3ccccc3)OC[C@H]2O[C@H]1c1n[nH]c(=S)n1-c1ccc(Cl)c(Cl)c1. The lowest BCUT2D eigenvalue weighted by molar-refractivity contribution is -0.319. The first-order chi connectivity index (χ1) is 21.7. The highest BCUT2D eigenvalue weighted by Crippen LogP contribution is 2.44. The van der Waals surface area contributed by atoms with E-state index in [1.54, 1.807) is 22.8 Å². The van der Waals surface area contributed by atoms with Gasteiger partial charge in [-0.2, -0.15) is 5.10 Å². The van der Waals surface area contributed by atoms with Gasteiger partial charge in [0, 0.05) is 11.1 Å². The molecule has 0 bridgehead atoms. The van der Waals surface area contributed by atoms with Gasteiger partial charge < -0.3 is 19.3 Å². The van der Waals surface area contributed by atoms with E-state index in [1.165, 1.54) is 10.9 Å². The van der Waals surface area contributed by atoms with Gasteiger partial charge in [-0.15, -0.1) is 5.10 Å². The normalized spacial score (nSPS) is 24.8. The Kier molecular flexibility index (Phi) is 7.98. The number of aliphatic hydroxyl groups excluding tert-OH is 1. The molecule has 0 amide bonds. The van der Waals surface area contributed by atoms with E-state index in [0.29, 0.717) is 10.7 Å². The van der Waals surface area contributed by atoms with Crippen LogP contribution in [-0.2, 0) is 14.2 Å². The number of halogens is 5. The van der Waals surface area contributed by atoms with Gasteiger partial charge in [0.1, 0.15) is 36.2 Å². The van der Waals surface area contributed by atoms with Gasteiger partial charge in [0.05, 0.1) is 28.5 Å². The fraction of sp³-hybridized carbons (Fsp3) is 0.241. The van der Waals surface area contributed by atoms with Crippen molar-refractivity contribution in [1.82, 2.24) is 29.8 Å². The number of nitrogens with zero attached hydrogens (tertiary/aromatic N) is 5. The topological polar surface area (TPSA) is 112 Å². The maximum absolute atomic E-state index is 14.0. The third-order valence-corrected chi connectivity index (χ3v) is 8.67. The molecular formula is C29H21Cl2F3N6O4S. The van der Waals surface area contributed by atoms with Crippen LogP contribution in [0.2, 0.25) is 10.0 Å². The molecule has 3 aromatic carbocycles. The number of nitrogens with one attached hydrogen (secondary N) is 1. The maximum Gasteiger partial charge on any atom is 0.199 e. The molecular weight excluding hydrogens is 656 g/mol. The summed E-state index contributed by atoms with van der Waals surface area (Å²) in [7, 11) is 0. The van der Waals surface area contributed by atoms with Gasteiger partial charge >= 0.3 is 0 Å². The molecule has 0 saturated carbocycles. The van der Waals surface area contributed by atoms with Gasteiger partial charge in [-0.05, 0) is 42.5 Å². The standard InChI is InChI=1S/C29H21Cl2F3N6O4S/c30-16-7-6-15(10-17(16)31)40-27(36-37-29(40)45)26-24(41)23(25-21(43-26)12-42-28(44-25)13-4-2-1-3-5-13)39-11-20(35-38-39)14-8-18(32)22(34)19(33)9-14/h1-11,21,23-26,28,41H,12H2,(H,37,45)/t21-,23-,24-,25+,26-,28?/m1/s1. The van der Waals surface area contributed by atoms with Crippen molar-refractivity contribution in [1.29, 1.82) is 0 Å². The third kappa shape index (κ3) is 5.46. The first kappa shape index (κ1) is 30.0. The smallest absolute Gasteiger partial charge is 0.199 e. The Balaban J connectivity index is 1.30. The van der Waals surface area contributed by atoms with Crippen LogP contribution in [0.4, 0.5) is 13.2 Å². The number of aliphatic hydroxyl groups is 1. The lowest BCUT2D eigenvalue weighted by Crippen LogP contribution is -2.57. The lowest BCUT2D eigenvalue weighted by Gasteiger charge is -2.47. The van der Waals surface area contributed by atoms with Gasteiger partial charge in [-0.3, -0.25) is 9.67 Å². The van der Waals surface area contributed by atoms with Crippen molar-refractivity contribution in [3.05, 3.63) is 111 Å². The fourth-order valence-electron chi connectivity index (χ4n) is 5.54. The van der Waals surface area contributed by atoms with Gasteiger partial charge in [0.25, 0.3) is 0 Å². The molecule has 5 aromatic rings. The molecule has 6 atom stereocenters. The van der Waals surface area contributed by atoms with Crippen molar-refractivity contribution in [3.63, 3.8) is 0 Å². The van der Waals surface area contributed by atoms with Gasteiger partial charge in [-0.25, -0.2) is 17.9 Å². The minimum absolute atomic E-state index is 0.0322. The van der Waals surface area contributed by atoms with E-state index >= 15 is 0 Å². The molecule has 232 valence electrons. The van der Waals surface area contributed by atoms with Crippen LogP contribution in [0.3, 0.4) is 0 Å². The monoisotopic (exact) mass is 676 g/mol. The van der Waals surface area contributed by atoms with E-state index in [1.807, 2.05) is 30.3 Å². The highest BCUT2D eigenvalue weighted by molar-refractivity contribution is 7.71. The lowest BCUT2D eigenvalue weighted by atomic mass is 9.91. The number of H-pyrrole nitrogens is 1. The zero-order valence-electron chi connectivity index (χ0n) is 22.7. The average molecular weight is 677 g/mol. The van der Waals surface area contributed by atoms with E-state index in [0.717, 1.165) is 17.7 Å². The number of benzene rings is 3. The summed E-state index contributed by atoms with van der Waals surface area (Å²) in [4.78, 5) is 0. The molecule has 2 fully saturated rings. The molecule has 16 heteroatoms. The Bertz CT molecular complexity index is 1920. The highest BCUT2D eigenvalue weighted by Gasteiger charge is 2.52. The van der Waals surface area contributed by atoms with Gasteiger partial charge in [-0.1, -0.05) is 58.7 Å². The molecule has 2 aliphatic heterocycles. The van der Waals surface area contributed by atoms with Crippen LogP contribution in [0.1, 0.15) is 29.8 Å². The summed E-state index contributed by atoms with van der Waals surface area (Å²) in [5, 5.41) is 27.9. The zero-order chi connectivity index (χ0) is 31.4. The molecule has 0 aliphatic carbocycles. The number of hydrogen-bond donors (Lipinski definition) is 2. The average Bonchev–Trinajstić information content (AvgIpc) is 3.68. The predicted molar refractivity (Wildman–Crippen MR) is 157 cm³/mol. The molecule has 7 rings (SSSR count). The predicted octanol–water partition coefficient (Wildman–Crippen LogP) is 6.07. The summed E-state index contributed by atoms with van der Waals surface area (Å²) in [5.41, 5.74) is 1.23. The van der Waals surface area contributed by atoms with Crippen LogP contribution < -0.4 is 0 Å². The Labute approximate surface area is 267 Å². The van der Waals surface area contributed by atoms with Crippen molar-refractivity contribution in [2.75, 3.05) is 6.61 Å². The number of rotatable bonds is 5. The highest BCUT2D eigenvalue weighted by atomic mass is 35.5. The first-order valence-electron chi connectivity index (χ1n) is 13.5. The minimum Gasteiger partial charge on any atom is -0.388 e. The van der Waals surface area contributed by atoms with Crippen molar-refractivity contribution in [2.24, 2.45) is 0 Å². The molecule has 2 aromatic heterocycles. The van der Waals surface area contributed by atoms with E-state index in [2.05, 4.69) is 20.5 Å². The van der Waals surface area contributed by atoms with E-state index in [4.69, 9.17) is 49.6 Å². The number of hydrogen-bond acceptors (Lipinski definition) is 8. The fourth-order valence-corrected chi connectivity index (χ4v) is 6.08. The Morgan fingerprint density at radius 1 is 0.978 bits per heavy atom. The van der Waals surface area contributed by atoms with Crippen LogP contribution in [-0.4, -0.2) is 59.8 Å². The molecule has 0 spiro atoms. The number of ether oxygens (including phenoxy) is 3. The summed E-state index contributed by atoms with van der Waals surface area (Å²) < 4.78 is 63.6. The van der Waals surface area contributed by atoms with E-state index in [-0.39, 0.29) is 33.5 Å². The van der Waals surface area contributed by atoms with Gasteiger partial charge in [0.2, 0.25) is 0 Å². The van der Waals surface area contributed by atoms with Crippen molar-refractivity contribution < 1.29 is 32.5 Å². The minimum atomic E-state index is -1.60. The quantitative estimate of drug-likeness (QED) is 0.171. The molecule has 1 unspecified atom stereocenters. The van der Waals surface area contributed by atoms with Crippen molar-refractivity contribution in [3.8, 4) is 16.9 Å². The number of aromatic amines is 1. The van der Waals surface area contributed by atoms with Crippen LogP contribution in [0.25, 0.3) is 16.9 Å². The Morgan fingerprint density at radius 3 is 2.47 bits per heavy atom. The summed E-state index contributed by atoms with van der Waals surface area (Å²) in [5.74, 6) is -4.15. The van der Waals surface area contributed by atoms with Crippen LogP contribution in [0, 0.1) is 22.2 Å². The summed E-state index contributed by atoms with van der Waals surface area (Å²) in [6.07, 6.45) is -3.50. The largest absolute Gasteiger partial charge is 0.388 e. The van der Waals surface area contributed by atoms with E-state index < -0.39 is 54.2 Å². The molecule has 2 saturated heterocycles. The molecule has 0 radical (unpaired) electrons. The molecule has 10 nitrogen and oxygen atoms in total. The first-order valence-corrected chi connectivity index (χ1v) is 14.7. The van der Waals surface area contributed by atoms with Crippen LogP contribution in [0.5, 0.6) is 0 Å². The number of fused-ring (bicyclic) bond motifs is 1. The summed E-state index contributed by atoms with van der Waals surface area (Å²) >= 11 is 17.9. The Hall–Kier alpha value is -3.63. The third-order valence-electron chi connectivity index (χ3n) is 7.66. The van der Waals surface area contributed by atoms with Crippen molar-refractivity contribution in [2.45, 2.75) is 36.7 Å². The Morgan fingerprint density at radius 2 is 1.73 bits per heavy atom.